The summed E-state index contributed by atoms with van der Waals surface area (Å²) in [6, 6.07) is 11.6. The summed E-state index contributed by atoms with van der Waals surface area (Å²) in [5.41, 5.74) is 8.32. The quantitative estimate of drug-likeness (QED) is 0.896. The standard InChI is InChI=1S/C15H18N2O/c1-11(2)18-14-5-3-4-13(10-14)15(16)12-6-8-17-9-7-12/h3-11,15H,16H2,1-2H3. The number of benzene rings is 1. The van der Waals surface area contributed by atoms with E-state index in [0.717, 1.165) is 16.9 Å². The summed E-state index contributed by atoms with van der Waals surface area (Å²) in [5.74, 6) is 0.854. The van der Waals surface area contributed by atoms with Gasteiger partial charge in [0, 0.05) is 12.4 Å². The number of hydrogen-bond donors (Lipinski definition) is 1. The van der Waals surface area contributed by atoms with Crippen molar-refractivity contribution in [1.29, 1.82) is 0 Å². The number of rotatable bonds is 4. The van der Waals surface area contributed by atoms with E-state index in [4.69, 9.17) is 10.5 Å². The number of pyridine rings is 1. The van der Waals surface area contributed by atoms with Gasteiger partial charge in [0.2, 0.25) is 0 Å². The van der Waals surface area contributed by atoms with Crippen molar-refractivity contribution in [3.63, 3.8) is 0 Å². The number of ether oxygens (including phenoxy) is 1. The van der Waals surface area contributed by atoms with Crippen LogP contribution in [0.2, 0.25) is 0 Å². The fourth-order valence-electron chi connectivity index (χ4n) is 1.82. The highest BCUT2D eigenvalue weighted by atomic mass is 16.5. The SMILES string of the molecule is CC(C)Oc1cccc(C(N)c2ccncc2)c1. The van der Waals surface area contributed by atoms with Crippen molar-refractivity contribution >= 4 is 0 Å². The molecule has 2 rings (SSSR count). The van der Waals surface area contributed by atoms with Gasteiger partial charge in [-0.3, -0.25) is 4.98 Å². The number of nitrogens with zero attached hydrogens (tertiary/aromatic N) is 1. The van der Waals surface area contributed by atoms with Gasteiger partial charge in [0.1, 0.15) is 5.75 Å². The van der Waals surface area contributed by atoms with Crippen LogP contribution in [0.5, 0.6) is 5.75 Å². The molecule has 0 radical (unpaired) electrons. The minimum absolute atomic E-state index is 0.149. The molecule has 1 aromatic carbocycles. The summed E-state index contributed by atoms with van der Waals surface area (Å²) < 4.78 is 5.67. The predicted molar refractivity (Wildman–Crippen MR) is 72.5 cm³/mol. The molecule has 18 heavy (non-hydrogen) atoms. The molecular weight excluding hydrogens is 224 g/mol. The van der Waals surface area contributed by atoms with Crippen LogP contribution in [0.1, 0.15) is 31.0 Å². The predicted octanol–water partition coefficient (Wildman–Crippen LogP) is 2.92. The summed E-state index contributed by atoms with van der Waals surface area (Å²) in [6.07, 6.45) is 3.67. The number of nitrogens with two attached hydrogens (primary N) is 1. The van der Waals surface area contributed by atoms with Gasteiger partial charge in [0.15, 0.2) is 0 Å². The van der Waals surface area contributed by atoms with Gasteiger partial charge in [0.05, 0.1) is 12.1 Å². The smallest absolute Gasteiger partial charge is 0.120 e. The molecule has 2 N–H and O–H groups in total. The summed E-state index contributed by atoms with van der Waals surface area (Å²) in [6.45, 7) is 4.02. The van der Waals surface area contributed by atoms with Crippen molar-refractivity contribution in [2.24, 2.45) is 5.73 Å². The van der Waals surface area contributed by atoms with Crippen LogP contribution in [0.15, 0.2) is 48.8 Å². The number of aromatic nitrogens is 1. The van der Waals surface area contributed by atoms with Gasteiger partial charge in [-0.05, 0) is 49.2 Å². The molecule has 0 fully saturated rings. The molecule has 3 nitrogen and oxygen atoms in total. The highest BCUT2D eigenvalue weighted by Gasteiger charge is 2.09. The lowest BCUT2D eigenvalue weighted by molar-refractivity contribution is 0.242. The first-order chi connectivity index (χ1) is 8.66. The summed E-state index contributed by atoms with van der Waals surface area (Å²) in [7, 11) is 0. The van der Waals surface area contributed by atoms with Gasteiger partial charge in [-0.25, -0.2) is 0 Å². The summed E-state index contributed by atoms with van der Waals surface area (Å²) in [5, 5.41) is 0. The average molecular weight is 242 g/mol. The van der Waals surface area contributed by atoms with E-state index < -0.39 is 0 Å². The van der Waals surface area contributed by atoms with Gasteiger partial charge in [0.25, 0.3) is 0 Å². The van der Waals surface area contributed by atoms with Crippen LogP contribution in [-0.2, 0) is 0 Å². The molecule has 0 aliphatic carbocycles. The van der Waals surface area contributed by atoms with Crippen LogP contribution >= 0.6 is 0 Å². The van der Waals surface area contributed by atoms with Crippen LogP contribution < -0.4 is 10.5 Å². The van der Waals surface area contributed by atoms with Crippen LogP contribution in [0.3, 0.4) is 0 Å². The number of hydrogen-bond acceptors (Lipinski definition) is 3. The molecule has 1 unspecified atom stereocenters. The molecule has 0 aliphatic rings. The van der Waals surface area contributed by atoms with Crippen LogP contribution in [-0.4, -0.2) is 11.1 Å². The van der Waals surface area contributed by atoms with E-state index in [2.05, 4.69) is 4.98 Å². The molecule has 0 saturated carbocycles. The van der Waals surface area contributed by atoms with Crippen molar-refractivity contribution in [3.05, 3.63) is 59.9 Å². The molecule has 0 bridgehead atoms. The van der Waals surface area contributed by atoms with E-state index in [0.29, 0.717) is 0 Å². The lowest BCUT2D eigenvalue weighted by Crippen LogP contribution is -2.12. The van der Waals surface area contributed by atoms with E-state index >= 15 is 0 Å². The fraction of sp³-hybridized carbons (Fsp3) is 0.267. The Balaban J connectivity index is 2.23. The second-order valence-electron chi connectivity index (χ2n) is 4.50. The lowest BCUT2D eigenvalue weighted by atomic mass is 10.0. The third-order valence-electron chi connectivity index (χ3n) is 2.65. The van der Waals surface area contributed by atoms with Crippen LogP contribution in [0, 0.1) is 0 Å². The van der Waals surface area contributed by atoms with E-state index in [-0.39, 0.29) is 12.1 Å². The van der Waals surface area contributed by atoms with Gasteiger partial charge in [-0.15, -0.1) is 0 Å². The summed E-state index contributed by atoms with van der Waals surface area (Å²) >= 11 is 0. The van der Waals surface area contributed by atoms with E-state index in [9.17, 15) is 0 Å². The zero-order chi connectivity index (χ0) is 13.0. The Morgan fingerprint density at radius 1 is 1.06 bits per heavy atom. The first-order valence-electron chi connectivity index (χ1n) is 6.09. The topological polar surface area (TPSA) is 48.1 Å². The van der Waals surface area contributed by atoms with Crippen LogP contribution in [0.4, 0.5) is 0 Å². The van der Waals surface area contributed by atoms with Crippen molar-refractivity contribution in [2.45, 2.75) is 26.0 Å². The Morgan fingerprint density at radius 2 is 1.78 bits per heavy atom. The molecule has 2 aromatic rings. The van der Waals surface area contributed by atoms with E-state index in [1.54, 1.807) is 12.4 Å². The zero-order valence-corrected chi connectivity index (χ0v) is 10.7. The Morgan fingerprint density at radius 3 is 2.44 bits per heavy atom. The fourth-order valence-corrected chi connectivity index (χ4v) is 1.82. The monoisotopic (exact) mass is 242 g/mol. The molecule has 1 heterocycles. The van der Waals surface area contributed by atoms with Gasteiger partial charge in [-0.1, -0.05) is 12.1 Å². The molecule has 0 spiro atoms. The molecule has 0 saturated heterocycles. The Hall–Kier alpha value is -1.87. The van der Waals surface area contributed by atoms with Crippen LogP contribution in [0.25, 0.3) is 0 Å². The maximum atomic E-state index is 6.23. The highest BCUT2D eigenvalue weighted by Crippen LogP contribution is 2.23. The van der Waals surface area contributed by atoms with Crippen molar-refractivity contribution in [3.8, 4) is 5.75 Å². The molecular formula is C15H18N2O. The molecule has 0 amide bonds. The van der Waals surface area contributed by atoms with E-state index in [1.807, 2.05) is 50.2 Å². The normalized spacial score (nSPS) is 12.4. The largest absolute Gasteiger partial charge is 0.491 e. The van der Waals surface area contributed by atoms with E-state index in [1.165, 1.54) is 0 Å². The van der Waals surface area contributed by atoms with Crippen molar-refractivity contribution in [1.82, 2.24) is 4.98 Å². The second kappa shape index (κ2) is 5.65. The first-order valence-corrected chi connectivity index (χ1v) is 6.09. The highest BCUT2D eigenvalue weighted by molar-refractivity contribution is 5.35. The Kier molecular flexibility index (Phi) is 3.95. The van der Waals surface area contributed by atoms with Gasteiger partial charge < -0.3 is 10.5 Å². The summed E-state index contributed by atoms with van der Waals surface area (Å²) in [4.78, 5) is 4.00. The third-order valence-corrected chi connectivity index (χ3v) is 2.65. The zero-order valence-electron chi connectivity index (χ0n) is 10.7. The minimum atomic E-state index is -0.149. The third kappa shape index (κ3) is 3.08. The molecule has 1 aromatic heterocycles. The molecule has 94 valence electrons. The maximum absolute atomic E-state index is 6.23. The van der Waals surface area contributed by atoms with Crippen molar-refractivity contribution < 1.29 is 4.74 Å². The second-order valence-corrected chi connectivity index (χ2v) is 4.50. The average Bonchev–Trinajstić information content (AvgIpc) is 2.38. The minimum Gasteiger partial charge on any atom is -0.491 e. The van der Waals surface area contributed by atoms with Gasteiger partial charge >= 0.3 is 0 Å². The Bertz CT molecular complexity index is 497. The lowest BCUT2D eigenvalue weighted by Gasteiger charge is -2.15. The molecule has 0 aliphatic heterocycles. The Labute approximate surface area is 108 Å². The van der Waals surface area contributed by atoms with Gasteiger partial charge in [-0.2, -0.15) is 0 Å². The molecule has 1 atom stereocenters. The molecule has 3 heteroatoms. The first kappa shape index (κ1) is 12.6. The maximum Gasteiger partial charge on any atom is 0.120 e. The van der Waals surface area contributed by atoms with Crippen molar-refractivity contribution in [2.75, 3.05) is 0 Å².